The summed E-state index contributed by atoms with van der Waals surface area (Å²) >= 11 is 1.28. The SMILES string of the molecule is CCC.COC(=O)Nc1sc2nc(C)c(C)cc2c1C(=O)N1CCC(N2CCCC3(CC(=O)N(C(C)C)C3=O)C2)CC1. The van der Waals surface area contributed by atoms with Gasteiger partial charge in [-0.2, -0.15) is 0 Å². The van der Waals surface area contributed by atoms with Crippen LogP contribution < -0.4 is 5.32 Å². The number of piperidine rings is 2. The Kier molecular flexibility index (Phi) is 9.92. The number of amides is 4. The van der Waals surface area contributed by atoms with Gasteiger partial charge in [0.25, 0.3) is 5.91 Å². The number of pyridine rings is 1. The zero-order valence-electron chi connectivity index (χ0n) is 26.0. The van der Waals surface area contributed by atoms with E-state index in [-0.39, 0.29) is 29.8 Å². The molecule has 2 aromatic rings. The lowest BCUT2D eigenvalue weighted by molar-refractivity contribution is -0.145. The fraction of sp³-hybridized carbons (Fsp3) is 0.645. The lowest BCUT2D eigenvalue weighted by atomic mass is 9.77. The van der Waals surface area contributed by atoms with Crippen molar-refractivity contribution in [3.05, 3.63) is 22.9 Å². The second kappa shape index (κ2) is 13.1. The number of hydrogen-bond acceptors (Lipinski definition) is 8. The quantitative estimate of drug-likeness (QED) is 0.471. The van der Waals surface area contributed by atoms with Crippen molar-refractivity contribution in [3.8, 4) is 0 Å². The maximum absolute atomic E-state index is 13.8. The van der Waals surface area contributed by atoms with Crippen LogP contribution in [0.15, 0.2) is 6.07 Å². The molecule has 3 aliphatic rings. The summed E-state index contributed by atoms with van der Waals surface area (Å²) in [5.41, 5.74) is 1.70. The highest BCUT2D eigenvalue weighted by Gasteiger charge is 2.54. The molecule has 11 heteroatoms. The van der Waals surface area contributed by atoms with Crippen molar-refractivity contribution in [2.45, 2.75) is 92.2 Å². The van der Waals surface area contributed by atoms with Crippen molar-refractivity contribution in [2.24, 2.45) is 5.41 Å². The molecule has 10 nitrogen and oxygen atoms in total. The van der Waals surface area contributed by atoms with Crippen molar-refractivity contribution in [1.82, 2.24) is 19.7 Å². The monoisotopic (exact) mass is 599 g/mol. The minimum atomic E-state index is -0.627. The predicted molar refractivity (Wildman–Crippen MR) is 165 cm³/mol. The zero-order chi connectivity index (χ0) is 30.8. The average Bonchev–Trinajstić information content (AvgIpc) is 3.40. The Labute approximate surface area is 252 Å². The second-order valence-corrected chi connectivity index (χ2v) is 13.1. The number of ether oxygens (including phenoxy) is 1. The van der Waals surface area contributed by atoms with Crippen LogP contribution in [0.4, 0.5) is 9.80 Å². The smallest absolute Gasteiger partial charge is 0.411 e. The van der Waals surface area contributed by atoms with Gasteiger partial charge in [-0.25, -0.2) is 9.78 Å². The van der Waals surface area contributed by atoms with Gasteiger partial charge in [0.2, 0.25) is 11.8 Å². The first-order valence-corrected chi connectivity index (χ1v) is 15.9. The number of hydrogen-bond donors (Lipinski definition) is 1. The number of anilines is 1. The molecule has 0 bridgehead atoms. The number of nitrogens with one attached hydrogen (secondary N) is 1. The predicted octanol–water partition coefficient (Wildman–Crippen LogP) is 5.36. The van der Waals surface area contributed by atoms with Crippen molar-refractivity contribution in [1.29, 1.82) is 0 Å². The third-order valence-corrected chi connectivity index (χ3v) is 9.58. The molecule has 230 valence electrons. The van der Waals surface area contributed by atoms with Gasteiger partial charge in [0, 0.05) is 49.2 Å². The number of likely N-dealkylation sites (tertiary alicyclic amines) is 3. The summed E-state index contributed by atoms with van der Waals surface area (Å²) in [4.78, 5) is 62.9. The van der Waals surface area contributed by atoms with E-state index < -0.39 is 11.5 Å². The number of carbonyl (C=O) groups excluding carboxylic acids is 4. The van der Waals surface area contributed by atoms with Gasteiger partial charge in [-0.1, -0.05) is 31.6 Å². The molecule has 42 heavy (non-hydrogen) atoms. The Bertz CT molecular complexity index is 1350. The standard InChI is InChI=1S/C28H37N5O5S.C3H8/c1-16(2)33-21(34)14-28(26(33)36)9-6-10-32(15-28)19-7-11-31(12-8-19)25(35)22-20-13-17(3)18(4)29-23(20)39-24(22)30-27(37)38-5;1-3-2/h13,16,19H,6-12,14-15H2,1-5H3,(H,30,37);3H2,1-2H3. The molecule has 1 N–H and O–H groups in total. The summed E-state index contributed by atoms with van der Waals surface area (Å²) in [6.45, 7) is 14.6. The molecule has 5 rings (SSSR count). The number of aromatic nitrogens is 1. The van der Waals surface area contributed by atoms with Crippen LogP contribution in [0.2, 0.25) is 0 Å². The number of carbonyl (C=O) groups is 4. The van der Waals surface area contributed by atoms with Gasteiger partial charge >= 0.3 is 6.09 Å². The van der Waals surface area contributed by atoms with Crippen LogP contribution in [0, 0.1) is 19.3 Å². The van der Waals surface area contributed by atoms with Crippen molar-refractivity contribution >= 4 is 50.4 Å². The fourth-order valence-electron chi connectivity index (χ4n) is 6.39. The van der Waals surface area contributed by atoms with Crippen LogP contribution >= 0.6 is 11.3 Å². The molecule has 1 atom stereocenters. The Morgan fingerprint density at radius 1 is 1.17 bits per heavy atom. The first-order valence-electron chi connectivity index (χ1n) is 15.1. The Hall–Kier alpha value is -3.05. The number of rotatable bonds is 4. The van der Waals surface area contributed by atoms with E-state index in [0.717, 1.165) is 48.9 Å². The van der Waals surface area contributed by atoms with E-state index in [1.807, 2.05) is 38.7 Å². The Morgan fingerprint density at radius 2 is 1.83 bits per heavy atom. The van der Waals surface area contributed by atoms with Gasteiger partial charge in [-0.05, 0) is 71.6 Å². The van der Waals surface area contributed by atoms with Gasteiger partial charge < -0.3 is 9.64 Å². The molecule has 0 aromatic carbocycles. The van der Waals surface area contributed by atoms with E-state index in [1.165, 1.54) is 29.8 Å². The van der Waals surface area contributed by atoms with E-state index in [4.69, 9.17) is 4.74 Å². The average molecular weight is 600 g/mol. The van der Waals surface area contributed by atoms with E-state index in [1.54, 1.807) is 0 Å². The second-order valence-electron chi connectivity index (χ2n) is 12.1. The molecule has 2 aromatic heterocycles. The van der Waals surface area contributed by atoms with Crippen LogP contribution in [-0.4, -0.2) is 88.9 Å². The van der Waals surface area contributed by atoms with Crippen LogP contribution in [0.25, 0.3) is 10.2 Å². The third-order valence-electron chi connectivity index (χ3n) is 8.56. The highest BCUT2D eigenvalue weighted by Crippen LogP contribution is 2.43. The summed E-state index contributed by atoms with van der Waals surface area (Å²) in [5, 5.41) is 3.89. The zero-order valence-corrected chi connectivity index (χ0v) is 26.9. The highest BCUT2D eigenvalue weighted by molar-refractivity contribution is 7.23. The maximum atomic E-state index is 13.8. The van der Waals surface area contributed by atoms with E-state index in [0.29, 0.717) is 41.5 Å². The van der Waals surface area contributed by atoms with Gasteiger partial charge in [0.15, 0.2) is 0 Å². The normalized spacial score (nSPS) is 21.7. The minimum absolute atomic E-state index is 0.0195. The highest BCUT2D eigenvalue weighted by atomic mass is 32.1. The van der Waals surface area contributed by atoms with Crippen molar-refractivity contribution < 1.29 is 23.9 Å². The molecule has 4 amide bonds. The number of thiophene rings is 1. The molecule has 0 saturated carbocycles. The van der Waals surface area contributed by atoms with Gasteiger partial charge in [0.1, 0.15) is 9.83 Å². The fourth-order valence-corrected chi connectivity index (χ4v) is 7.47. The first-order chi connectivity index (χ1) is 20.0. The number of nitrogens with zero attached hydrogens (tertiary/aromatic N) is 4. The first kappa shape index (κ1) is 31.9. The molecule has 3 fully saturated rings. The molecular weight excluding hydrogens is 554 g/mol. The number of aryl methyl sites for hydroxylation is 2. The van der Waals surface area contributed by atoms with Gasteiger partial charge in [-0.15, -0.1) is 0 Å². The molecular formula is C31H45N5O5S. The third kappa shape index (κ3) is 6.17. The largest absolute Gasteiger partial charge is 0.453 e. The maximum Gasteiger partial charge on any atom is 0.411 e. The molecule has 3 saturated heterocycles. The van der Waals surface area contributed by atoms with Crippen LogP contribution in [0.5, 0.6) is 0 Å². The number of methoxy groups -OCH3 is 1. The molecule has 1 unspecified atom stereocenters. The summed E-state index contributed by atoms with van der Waals surface area (Å²) in [6.07, 6.45) is 4.14. The van der Waals surface area contributed by atoms with Crippen LogP contribution in [0.3, 0.4) is 0 Å². The summed E-state index contributed by atoms with van der Waals surface area (Å²) in [5.74, 6) is -0.208. The Balaban J connectivity index is 0.00000129. The van der Waals surface area contributed by atoms with E-state index in [2.05, 4.69) is 29.0 Å². The summed E-state index contributed by atoms with van der Waals surface area (Å²) < 4.78 is 4.79. The summed E-state index contributed by atoms with van der Waals surface area (Å²) in [7, 11) is 1.29. The summed E-state index contributed by atoms with van der Waals surface area (Å²) in [6, 6.07) is 2.09. The van der Waals surface area contributed by atoms with Gasteiger partial charge in [0.05, 0.1) is 18.1 Å². The molecule has 3 aliphatic heterocycles. The Morgan fingerprint density at radius 3 is 2.43 bits per heavy atom. The lowest BCUT2D eigenvalue weighted by Gasteiger charge is -2.45. The van der Waals surface area contributed by atoms with Crippen molar-refractivity contribution in [3.63, 3.8) is 0 Å². The van der Waals surface area contributed by atoms with Gasteiger partial charge in [-0.3, -0.25) is 29.5 Å². The van der Waals surface area contributed by atoms with Crippen molar-refractivity contribution in [2.75, 3.05) is 38.6 Å². The van der Waals surface area contributed by atoms with E-state index in [9.17, 15) is 19.2 Å². The van der Waals surface area contributed by atoms with E-state index >= 15 is 0 Å². The molecule has 0 radical (unpaired) electrons. The topological polar surface area (TPSA) is 112 Å². The van der Waals surface area contributed by atoms with Crippen LogP contribution in [-0.2, 0) is 14.3 Å². The molecule has 0 aliphatic carbocycles. The lowest BCUT2D eigenvalue weighted by Crippen LogP contribution is -2.54. The minimum Gasteiger partial charge on any atom is -0.453 e. The molecule has 5 heterocycles. The molecule has 1 spiro atoms. The van der Waals surface area contributed by atoms with Crippen LogP contribution in [0.1, 0.15) is 87.8 Å². The number of fused-ring (bicyclic) bond motifs is 1. The number of imide groups is 1.